The van der Waals surface area contributed by atoms with Crippen LogP contribution in [0.15, 0.2) is 29.3 Å². The monoisotopic (exact) mass is 381 g/mol. The molecule has 0 amide bonds. The topological polar surface area (TPSA) is 59.3 Å². The predicted octanol–water partition coefficient (Wildman–Crippen LogP) is 3.18. The lowest BCUT2D eigenvalue weighted by Gasteiger charge is -2.15. The second-order valence-electron chi connectivity index (χ2n) is 5.84. The highest BCUT2D eigenvalue weighted by atomic mass is 32.2. The molecule has 1 atom stereocenters. The molecule has 25 heavy (non-hydrogen) atoms. The van der Waals surface area contributed by atoms with Crippen molar-refractivity contribution in [1.82, 2.24) is 4.57 Å². The van der Waals surface area contributed by atoms with Gasteiger partial charge in [-0.15, -0.1) is 0 Å². The normalized spacial score (nSPS) is 19.4. The molecule has 1 aliphatic carbocycles. The van der Waals surface area contributed by atoms with Gasteiger partial charge in [-0.25, -0.2) is 30.4 Å². The van der Waals surface area contributed by atoms with Crippen LogP contribution in [0.4, 0.5) is 22.0 Å². The van der Waals surface area contributed by atoms with Crippen LogP contribution >= 0.6 is 0 Å². The Balaban J connectivity index is 2.27. The van der Waals surface area contributed by atoms with Crippen molar-refractivity contribution in [2.24, 2.45) is 0 Å². The van der Waals surface area contributed by atoms with Crippen molar-refractivity contribution in [3.05, 3.63) is 47.0 Å². The summed E-state index contributed by atoms with van der Waals surface area (Å²) >= 11 is 0. The van der Waals surface area contributed by atoms with E-state index in [-0.39, 0.29) is 11.4 Å². The fourth-order valence-corrected chi connectivity index (χ4v) is 3.84. The van der Waals surface area contributed by atoms with Crippen molar-refractivity contribution in [3.63, 3.8) is 0 Å². The highest BCUT2D eigenvalue weighted by molar-refractivity contribution is 7.90. The Morgan fingerprint density at radius 1 is 1.32 bits per heavy atom. The van der Waals surface area contributed by atoms with Crippen molar-refractivity contribution >= 4 is 9.84 Å². The van der Waals surface area contributed by atoms with Gasteiger partial charge in [0.1, 0.15) is 11.9 Å². The van der Waals surface area contributed by atoms with Gasteiger partial charge in [-0.2, -0.15) is 0 Å². The highest BCUT2D eigenvalue weighted by Crippen LogP contribution is 2.47. The van der Waals surface area contributed by atoms with Crippen molar-refractivity contribution in [2.45, 2.75) is 29.8 Å². The van der Waals surface area contributed by atoms with E-state index in [4.69, 9.17) is 0 Å². The van der Waals surface area contributed by atoms with Gasteiger partial charge < -0.3 is 9.67 Å². The molecular weight excluding hydrogens is 369 g/mol. The van der Waals surface area contributed by atoms with Crippen LogP contribution in [-0.4, -0.2) is 30.3 Å². The minimum Gasteiger partial charge on any atom is -0.382 e. The molecule has 0 saturated carbocycles. The van der Waals surface area contributed by atoms with Gasteiger partial charge in [0.25, 0.3) is 12.3 Å². The molecule has 0 fully saturated rings. The van der Waals surface area contributed by atoms with E-state index in [1.807, 2.05) is 0 Å². The maximum atomic E-state index is 13.9. The van der Waals surface area contributed by atoms with Crippen molar-refractivity contribution in [2.75, 3.05) is 6.26 Å². The van der Waals surface area contributed by atoms with Gasteiger partial charge in [0.05, 0.1) is 16.9 Å². The van der Waals surface area contributed by atoms with Gasteiger partial charge in [-0.3, -0.25) is 0 Å². The Hall–Kier alpha value is -1.94. The number of benzene rings is 1. The Bertz CT molecular complexity index is 952. The fraction of sp³-hybridized carbons (Fsp3) is 0.333. The van der Waals surface area contributed by atoms with Crippen LogP contribution in [-0.2, 0) is 16.3 Å². The van der Waals surface area contributed by atoms with E-state index >= 15 is 0 Å². The molecule has 1 heterocycles. The summed E-state index contributed by atoms with van der Waals surface area (Å²) in [5.74, 6) is -4.77. The minimum absolute atomic E-state index is 0.104. The summed E-state index contributed by atoms with van der Waals surface area (Å²) in [5.41, 5.74) is -1.72. The number of nitrogens with zero attached hydrogens (tertiary/aromatic N) is 1. The summed E-state index contributed by atoms with van der Waals surface area (Å²) < 4.78 is 91.6. The number of sulfone groups is 1. The van der Waals surface area contributed by atoms with E-state index in [1.54, 1.807) is 0 Å². The molecular formula is C15H12F5NO3S. The first kappa shape index (κ1) is 17.9. The van der Waals surface area contributed by atoms with Gasteiger partial charge in [-0.1, -0.05) is 0 Å². The van der Waals surface area contributed by atoms with Crippen LogP contribution in [0.5, 0.6) is 0 Å². The molecule has 0 aliphatic heterocycles. The summed E-state index contributed by atoms with van der Waals surface area (Å²) in [6, 6.07) is 2.57. The zero-order chi connectivity index (χ0) is 18.7. The second kappa shape index (κ2) is 5.53. The highest BCUT2D eigenvalue weighted by Gasteiger charge is 2.51. The zero-order valence-corrected chi connectivity index (χ0v) is 13.5. The third-order valence-electron chi connectivity index (χ3n) is 4.08. The summed E-state index contributed by atoms with van der Waals surface area (Å²) in [6.07, 6.45) is -4.68. The summed E-state index contributed by atoms with van der Waals surface area (Å²) in [4.78, 5) is -0.518. The number of aliphatic hydroxyl groups excluding tert-OH is 1. The van der Waals surface area contributed by atoms with Crippen molar-refractivity contribution in [1.29, 1.82) is 0 Å². The Morgan fingerprint density at radius 2 is 1.96 bits per heavy atom. The number of alkyl halides is 4. The zero-order valence-electron chi connectivity index (χ0n) is 12.7. The smallest absolute Gasteiger partial charge is 0.283 e. The van der Waals surface area contributed by atoms with Crippen LogP contribution < -0.4 is 0 Å². The lowest BCUT2D eigenvalue weighted by Crippen LogP contribution is -2.23. The third-order valence-corrected chi connectivity index (χ3v) is 5.21. The molecule has 1 aromatic carbocycles. The molecule has 3 rings (SSSR count). The largest absolute Gasteiger partial charge is 0.382 e. The molecule has 0 saturated heterocycles. The summed E-state index contributed by atoms with van der Waals surface area (Å²) in [7, 11) is -3.97. The van der Waals surface area contributed by atoms with E-state index in [1.165, 1.54) is 0 Å². The predicted molar refractivity (Wildman–Crippen MR) is 77.4 cm³/mol. The SMILES string of the molecule is CS(=O)(=O)c1cn(-c2ccc(F)c(C(F)F)c2)c2c1C(O)C(F)(F)C2. The van der Waals surface area contributed by atoms with Gasteiger partial charge in [-0.05, 0) is 18.2 Å². The maximum Gasteiger partial charge on any atom is 0.283 e. The average Bonchev–Trinajstić information content (AvgIpc) is 2.94. The number of fused-ring (bicyclic) bond motifs is 1. The van der Waals surface area contributed by atoms with Crippen LogP contribution in [0.25, 0.3) is 5.69 Å². The van der Waals surface area contributed by atoms with Crippen LogP contribution in [0, 0.1) is 5.82 Å². The first-order valence-corrected chi connectivity index (χ1v) is 8.90. The third kappa shape index (κ3) is 2.82. The molecule has 2 aromatic rings. The van der Waals surface area contributed by atoms with Crippen molar-refractivity contribution < 1.29 is 35.5 Å². The van der Waals surface area contributed by atoms with Gasteiger partial charge in [0, 0.05) is 29.4 Å². The number of aromatic nitrogens is 1. The van der Waals surface area contributed by atoms with Gasteiger partial charge >= 0.3 is 0 Å². The number of rotatable bonds is 3. The van der Waals surface area contributed by atoms with E-state index in [9.17, 15) is 35.5 Å². The summed E-state index contributed by atoms with van der Waals surface area (Å²) in [5, 5.41) is 9.79. The molecule has 4 nitrogen and oxygen atoms in total. The number of halogens is 5. The quantitative estimate of drug-likeness (QED) is 0.831. The lowest BCUT2D eigenvalue weighted by atomic mass is 10.2. The van der Waals surface area contributed by atoms with Crippen molar-refractivity contribution in [3.8, 4) is 5.69 Å². The first-order valence-electron chi connectivity index (χ1n) is 7.01. The Kier molecular flexibility index (Phi) is 3.95. The molecule has 0 radical (unpaired) electrons. The van der Waals surface area contributed by atoms with E-state index in [2.05, 4.69) is 0 Å². The molecule has 1 unspecified atom stereocenters. The maximum absolute atomic E-state index is 13.9. The Labute approximate surface area is 139 Å². The molecule has 1 aliphatic rings. The molecule has 0 bridgehead atoms. The average molecular weight is 381 g/mol. The number of hydrogen-bond donors (Lipinski definition) is 1. The van der Waals surface area contributed by atoms with E-state index in [0.29, 0.717) is 0 Å². The minimum atomic E-state index is -3.97. The molecule has 1 aromatic heterocycles. The molecule has 136 valence electrons. The van der Waals surface area contributed by atoms with Crippen LogP contribution in [0.1, 0.15) is 29.4 Å². The first-order chi connectivity index (χ1) is 11.4. The summed E-state index contributed by atoms with van der Waals surface area (Å²) in [6.45, 7) is 0. The molecule has 10 heteroatoms. The molecule has 0 spiro atoms. The van der Waals surface area contributed by atoms with Crippen LogP contribution in [0.3, 0.4) is 0 Å². The Morgan fingerprint density at radius 3 is 2.52 bits per heavy atom. The standard InChI is InChI=1S/C15H12F5NO3S/c1-25(23,24)11-6-21(10-5-15(19,20)13(22)12(10)11)7-2-3-9(16)8(4-7)14(17)18/h2-4,6,13-14,22H,5H2,1H3. The second-order valence-corrected chi connectivity index (χ2v) is 7.83. The van der Waals surface area contributed by atoms with Gasteiger partial charge in [0.15, 0.2) is 9.84 Å². The van der Waals surface area contributed by atoms with Crippen LogP contribution in [0.2, 0.25) is 0 Å². The van der Waals surface area contributed by atoms with Gasteiger partial charge in [0.2, 0.25) is 0 Å². The number of aliphatic hydroxyl groups is 1. The lowest BCUT2D eigenvalue weighted by molar-refractivity contribution is -0.0981. The van der Waals surface area contributed by atoms with E-state index in [0.717, 1.165) is 35.2 Å². The van der Waals surface area contributed by atoms with E-state index < -0.39 is 56.5 Å². The number of hydrogen-bond acceptors (Lipinski definition) is 3. The fourth-order valence-electron chi connectivity index (χ4n) is 2.91. The molecule has 1 N–H and O–H groups in total.